The molecule has 15 heavy (non-hydrogen) atoms. The van der Waals surface area contributed by atoms with Crippen LogP contribution >= 0.6 is 0 Å². The molecule has 5 heteroatoms. The van der Waals surface area contributed by atoms with Crippen LogP contribution in [0.5, 0.6) is 0 Å². The highest BCUT2D eigenvalue weighted by molar-refractivity contribution is 5.65. The monoisotopic (exact) mass is 214 g/mol. The number of carbonyl (C=O) groups is 1. The molecule has 0 saturated carbocycles. The Morgan fingerprint density at radius 2 is 2.27 bits per heavy atom. The van der Waals surface area contributed by atoms with E-state index in [9.17, 15) is 4.79 Å². The second-order valence-corrected chi connectivity index (χ2v) is 4.28. The maximum atomic E-state index is 10.6. The molecule has 0 aliphatic carbocycles. The Morgan fingerprint density at radius 1 is 1.40 bits per heavy atom. The van der Waals surface area contributed by atoms with Gasteiger partial charge in [0, 0.05) is 25.6 Å². The predicted molar refractivity (Wildman–Crippen MR) is 54.9 cm³/mol. The van der Waals surface area contributed by atoms with E-state index in [1.807, 2.05) is 0 Å². The van der Waals surface area contributed by atoms with Gasteiger partial charge in [-0.1, -0.05) is 0 Å². The molecule has 0 aromatic heterocycles. The molecule has 2 saturated heterocycles. The average Bonchev–Trinajstić information content (AvgIpc) is 2.66. The van der Waals surface area contributed by atoms with Crippen LogP contribution in [0.25, 0.3) is 0 Å². The molecular formula is C10H18N2O3. The van der Waals surface area contributed by atoms with Gasteiger partial charge in [0.05, 0.1) is 12.1 Å². The van der Waals surface area contributed by atoms with Gasteiger partial charge >= 0.3 is 6.09 Å². The zero-order valence-corrected chi connectivity index (χ0v) is 8.74. The van der Waals surface area contributed by atoms with Crippen LogP contribution < -0.4 is 10.6 Å². The number of nitrogens with one attached hydrogen (secondary N) is 2. The average molecular weight is 214 g/mol. The number of ether oxygens (including phenoxy) is 1. The molecule has 5 nitrogen and oxygen atoms in total. The van der Waals surface area contributed by atoms with Gasteiger partial charge in [-0.25, -0.2) is 4.79 Å². The number of hydrogen-bond donors (Lipinski definition) is 3. The highest BCUT2D eigenvalue weighted by atomic mass is 16.5. The highest BCUT2D eigenvalue weighted by Gasteiger charge is 2.35. The second kappa shape index (κ2) is 4.81. The van der Waals surface area contributed by atoms with Crippen LogP contribution in [0.2, 0.25) is 0 Å². The SMILES string of the molecule is O=C(O)N[C@@H]1CNC[C@H]1C1CCCCO1. The lowest BCUT2D eigenvalue weighted by molar-refractivity contribution is -0.0214. The molecule has 2 aliphatic heterocycles. The molecule has 2 rings (SSSR count). The lowest BCUT2D eigenvalue weighted by atomic mass is 9.92. The van der Waals surface area contributed by atoms with Crippen molar-refractivity contribution < 1.29 is 14.6 Å². The first kappa shape index (κ1) is 10.7. The summed E-state index contributed by atoms with van der Waals surface area (Å²) in [5, 5.41) is 14.5. The Morgan fingerprint density at radius 3 is 2.93 bits per heavy atom. The van der Waals surface area contributed by atoms with Crippen molar-refractivity contribution in [2.75, 3.05) is 19.7 Å². The van der Waals surface area contributed by atoms with Gasteiger partial charge < -0.3 is 20.5 Å². The van der Waals surface area contributed by atoms with Gasteiger partial charge in [0.2, 0.25) is 0 Å². The molecule has 0 aromatic carbocycles. The van der Waals surface area contributed by atoms with Crippen molar-refractivity contribution in [2.45, 2.75) is 31.4 Å². The van der Waals surface area contributed by atoms with Crippen molar-refractivity contribution in [1.29, 1.82) is 0 Å². The number of carboxylic acid groups (broad SMARTS) is 1. The van der Waals surface area contributed by atoms with Gasteiger partial charge in [-0.15, -0.1) is 0 Å². The maximum absolute atomic E-state index is 10.6. The summed E-state index contributed by atoms with van der Waals surface area (Å²) in [6, 6.07) is 0.00519. The van der Waals surface area contributed by atoms with Crippen molar-refractivity contribution in [2.24, 2.45) is 5.92 Å². The molecule has 0 spiro atoms. The minimum atomic E-state index is -0.940. The van der Waals surface area contributed by atoms with E-state index in [0.717, 1.165) is 32.5 Å². The van der Waals surface area contributed by atoms with E-state index in [1.165, 1.54) is 6.42 Å². The minimum Gasteiger partial charge on any atom is -0.465 e. The van der Waals surface area contributed by atoms with E-state index in [4.69, 9.17) is 9.84 Å². The Balaban J connectivity index is 1.91. The maximum Gasteiger partial charge on any atom is 0.404 e. The fourth-order valence-electron chi connectivity index (χ4n) is 2.51. The molecule has 2 heterocycles. The predicted octanol–water partition coefficient (Wildman–Crippen LogP) is 0.411. The molecule has 2 fully saturated rings. The number of rotatable bonds is 2. The van der Waals surface area contributed by atoms with Crippen molar-refractivity contribution in [1.82, 2.24) is 10.6 Å². The summed E-state index contributed by atoms with van der Waals surface area (Å²) >= 11 is 0. The van der Waals surface area contributed by atoms with Crippen molar-refractivity contribution >= 4 is 6.09 Å². The zero-order chi connectivity index (χ0) is 10.7. The molecule has 1 amide bonds. The van der Waals surface area contributed by atoms with Gasteiger partial charge in [-0.2, -0.15) is 0 Å². The quantitative estimate of drug-likeness (QED) is 0.622. The fourth-order valence-corrected chi connectivity index (χ4v) is 2.51. The van der Waals surface area contributed by atoms with E-state index in [0.29, 0.717) is 5.92 Å². The summed E-state index contributed by atoms with van der Waals surface area (Å²) in [5.41, 5.74) is 0. The smallest absolute Gasteiger partial charge is 0.404 e. The van der Waals surface area contributed by atoms with Gasteiger partial charge in [0.25, 0.3) is 0 Å². The molecule has 0 aromatic rings. The Labute approximate surface area is 89.2 Å². The largest absolute Gasteiger partial charge is 0.465 e. The van der Waals surface area contributed by atoms with Crippen LogP contribution in [0, 0.1) is 5.92 Å². The van der Waals surface area contributed by atoms with Crippen LogP contribution in [0.15, 0.2) is 0 Å². The first-order chi connectivity index (χ1) is 7.27. The highest BCUT2D eigenvalue weighted by Crippen LogP contribution is 2.24. The second-order valence-electron chi connectivity index (χ2n) is 4.28. The third-order valence-corrected chi connectivity index (χ3v) is 3.26. The van der Waals surface area contributed by atoms with Gasteiger partial charge in [-0.05, 0) is 19.3 Å². The standard InChI is InChI=1S/C10H18N2O3/c13-10(14)12-8-6-11-5-7(8)9-3-1-2-4-15-9/h7-9,11-12H,1-6H2,(H,13,14)/t7-,8-,9?/m1/s1. The van der Waals surface area contributed by atoms with E-state index < -0.39 is 6.09 Å². The van der Waals surface area contributed by atoms with Crippen molar-refractivity contribution in [3.05, 3.63) is 0 Å². The Hall–Kier alpha value is -0.810. The number of amides is 1. The Bertz CT molecular complexity index is 229. The fraction of sp³-hybridized carbons (Fsp3) is 0.900. The van der Waals surface area contributed by atoms with Crippen LogP contribution in [-0.2, 0) is 4.74 Å². The zero-order valence-electron chi connectivity index (χ0n) is 8.74. The molecule has 3 atom stereocenters. The van der Waals surface area contributed by atoms with Crippen molar-refractivity contribution in [3.8, 4) is 0 Å². The molecule has 86 valence electrons. The molecule has 0 radical (unpaired) electrons. The first-order valence-electron chi connectivity index (χ1n) is 5.59. The summed E-state index contributed by atoms with van der Waals surface area (Å²) in [6.45, 7) is 2.40. The van der Waals surface area contributed by atoms with E-state index in [1.54, 1.807) is 0 Å². The molecule has 2 aliphatic rings. The minimum absolute atomic E-state index is 0.00519. The summed E-state index contributed by atoms with van der Waals surface area (Å²) in [4.78, 5) is 10.6. The van der Waals surface area contributed by atoms with Crippen molar-refractivity contribution in [3.63, 3.8) is 0 Å². The van der Waals surface area contributed by atoms with Crippen LogP contribution in [0.1, 0.15) is 19.3 Å². The third-order valence-electron chi connectivity index (χ3n) is 3.26. The Kier molecular flexibility index (Phi) is 3.43. The van der Waals surface area contributed by atoms with Crippen LogP contribution in [0.4, 0.5) is 4.79 Å². The lowest BCUT2D eigenvalue weighted by Gasteiger charge is -2.30. The summed E-state index contributed by atoms with van der Waals surface area (Å²) in [5.74, 6) is 0.293. The topological polar surface area (TPSA) is 70.6 Å². The lowest BCUT2D eigenvalue weighted by Crippen LogP contribution is -2.45. The molecule has 1 unspecified atom stereocenters. The summed E-state index contributed by atoms with van der Waals surface area (Å²) < 4.78 is 5.70. The van der Waals surface area contributed by atoms with E-state index >= 15 is 0 Å². The normalized spacial score (nSPS) is 36.4. The van der Waals surface area contributed by atoms with Gasteiger partial charge in [0.1, 0.15) is 0 Å². The van der Waals surface area contributed by atoms with Crippen LogP contribution in [0.3, 0.4) is 0 Å². The van der Waals surface area contributed by atoms with E-state index in [-0.39, 0.29) is 12.1 Å². The molecular weight excluding hydrogens is 196 g/mol. The first-order valence-corrected chi connectivity index (χ1v) is 5.59. The van der Waals surface area contributed by atoms with Gasteiger partial charge in [-0.3, -0.25) is 0 Å². The van der Waals surface area contributed by atoms with Crippen LogP contribution in [-0.4, -0.2) is 43.0 Å². The molecule has 3 N–H and O–H groups in total. The molecule has 0 bridgehead atoms. The van der Waals surface area contributed by atoms with Gasteiger partial charge in [0.15, 0.2) is 0 Å². The summed E-state index contributed by atoms with van der Waals surface area (Å²) in [7, 11) is 0. The van der Waals surface area contributed by atoms with E-state index in [2.05, 4.69) is 10.6 Å². The summed E-state index contributed by atoms with van der Waals surface area (Å²) in [6.07, 6.45) is 2.67. The third kappa shape index (κ3) is 2.60. The number of hydrogen-bond acceptors (Lipinski definition) is 3.